The fourth-order valence-electron chi connectivity index (χ4n) is 8.72. The number of benzene rings is 3. The van der Waals surface area contributed by atoms with Crippen LogP contribution in [-0.4, -0.2) is 21.8 Å². The van der Waals surface area contributed by atoms with Gasteiger partial charge in [-0.15, -0.1) is 5.16 Å². The van der Waals surface area contributed by atoms with Gasteiger partial charge in [0.15, 0.2) is 5.78 Å². The van der Waals surface area contributed by atoms with Gasteiger partial charge in [0.2, 0.25) is 0 Å². The highest BCUT2D eigenvalue weighted by Crippen LogP contribution is 2.63. The van der Waals surface area contributed by atoms with Gasteiger partial charge in [-0.2, -0.15) is 0 Å². The van der Waals surface area contributed by atoms with E-state index in [1.165, 1.54) is 54.1 Å². The van der Waals surface area contributed by atoms with Crippen LogP contribution in [0.5, 0.6) is 0 Å². The van der Waals surface area contributed by atoms with Gasteiger partial charge in [0.05, 0.1) is 0 Å². The molecule has 0 aliphatic heterocycles. The molecule has 1 aromatic heterocycles. The molecule has 0 radical (unpaired) electrons. The van der Waals surface area contributed by atoms with Crippen LogP contribution < -0.4 is 0 Å². The van der Waals surface area contributed by atoms with Crippen LogP contribution in [0.3, 0.4) is 0 Å². The summed E-state index contributed by atoms with van der Waals surface area (Å²) in [6.45, 7) is 5.06. The Hall–Kier alpha value is -3.40. The molecule has 3 atom stereocenters. The SMILES string of the molecule is CCn1c2ccc(C(=O)c3ccccc3C)cc2c2cc(C34CC5CC(CC(C5)C3C=NO)C4)ccc21. The van der Waals surface area contributed by atoms with Gasteiger partial charge in [-0.3, -0.25) is 4.79 Å². The van der Waals surface area contributed by atoms with E-state index in [9.17, 15) is 10.0 Å². The maximum absolute atomic E-state index is 13.5. The molecule has 8 rings (SSSR count). The van der Waals surface area contributed by atoms with Crippen molar-refractivity contribution in [2.24, 2.45) is 28.8 Å². The summed E-state index contributed by atoms with van der Waals surface area (Å²) in [4.78, 5) is 13.5. The van der Waals surface area contributed by atoms with Crippen LogP contribution in [0.25, 0.3) is 21.8 Å². The van der Waals surface area contributed by atoms with Gasteiger partial charge in [0.1, 0.15) is 0 Å². The van der Waals surface area contributed by atoms with Crippen LogP contribution in [0, 0.1) is 30.6 Å². The molecule has 37 heavy (non-hydrogen) atoms. The number of carbonyl (C=O) groups excluding carboxylic acids is 1. The number of aryl methyl sites for hydroxylation is 2. The zero-order valence-corrected chi connectivity index (χ0v) is 21.7. The molecule has 0 saturated heterocycles. The van der Waals surface area contributed by atoms with Crippen molar-refractivity contribution in [1.29, 1.82) is 0 Å². The molecular weight excluding hydrogens is 456 g/mol. The smallest absolute Gasteiger partial charge is 0.193 e. The predicted molar refractivity (Wildman–Crippen MR) is 149 cm³/mol. The van der Waals surface area contributed by atoms with E-state index >= 15 is 0 Å². The van der Waals surface area contributed by atoms with Gasteiger partial charge < -0.3 is 9.77 Å². The summed E-state index contributed by atoms with van der Waals surface area (Å²) in [6, 6.07) is 21.1. The minimum Gasteiger partial charge on any atom is -0.411 e. The van der Waals surface area contributed by atoms with E-state index in [0.717, 1.165) is 40.5 Å². The quantitative estimate of drug-likeness (QED) is 0.136. The largest absolute Gasteiger partial charge is 0.411 e. The maximum Gasteiger partial charge on any atom is 0.193 e. The second kappa shape index (κ2) is 8.31. The number of fused-ring (bicyclic) bond motifs is 3. The third-order valence-corrected chi connectivity index (χ3v) is 10.0. The van der Waals surface area contributed by atoms with Crippen LogP contribution in [0.2, 0.25) is 0 Å². The van der Waals surface area contributed by atoms with Crippen molar-refractivity contribution in [3.63, 3.8) is 0 Å². The Balaban J connectivity index is 1.41. The van der Waals surface area contributed by atoms with Gasteiger partial charge in [0, 0.05) is 57.0 Å². The number of nitrogens with zero attached hydrogens (tertiary/aromatic N) is 2. The normalized spacial score (nSPS) is 28.6. The van der Waals surface area contributed by atoms with E-state index < -0.39 is 0 Å². The Morgan fingerprint density at radius 1 is 1.00 bits per heavy atom. The highest BCUT2D eigenvalue weighted by atomic mass is 16.4. The molecule has 4 saturated carbocycles. The average molecular weight is 491 g/mol. The van der Waals surface area contributed by atoms with Gasteiger partial charge in [-0.1, -0.05) is 30.3 Å². The van der Waals surface area contributed by atoms with Crippen LogP contribution in [0.15, 0.2) is 65.8 Å². The highest BCUT2D eigenvalue weighted by molar-refractivity contribution is 6.15. The lowest BCUT2D eigenvalue weighted by atomic mass is 9.43. The molecule has 0 amide bonds. The Bertz CT molecular complexity index is 1560. The summed E-state index contributed by atoms with van der Waals surface area (Å²) in [5, 5.41) is 15.5. The van der Waals surface area contributed by atoms with Gasteiger partial charge in [-0.25, -0.2) is 0 Å². The molecule has 188 valence electrons. The van der Waals surface area contributed by atoms with Crippen molar-refractivity contribution in [2.45, 2.75) is 57.9 Å². The number of rotatable bonds is 5. The molecule has 4 aliphatic rings. The number of oxime groups is 1. The first-order valence-corrected chi connectivity index (χ1v) is 13.9. The number of aromatic nitrogens is 1. The van der Waals surface area contributed by atoms with Crippen LogP contribution in [0.1, 0.15) is 66.1 Å². The summed E-state index contributed by atoms with van der Waals surface area (Å²) in [7, 11) is 0. The second-order valence-electron chi connectivity index (χ2n) is 11.9. The lowest BCUT2D eigenvalue weighted by Crippen LogP contribution is -2.55. The summed E-state index contributed by atoms with van der Waals surface area (Å²) in [5.74, 6) is 2.56. The standard InChI is InChI=1S/C33H34N2O2/c1-3-35-30-10-8-23(32(36)26-7-5-4-6-20(26)2)15-27(30)28-16-25(9-11-31(28)35)33-17-21-12-22(18-33)14-24(13-21)29(33)19-34-37/h4-11,15-16,19,21-22,24,29,37H,3,12-14,17-18H2,1-2H3. The van der Waals surface area contributed by atoms with E-state index in [4.69, 9.17) is 0 Å². The molecule has 0 spiro atoms. The van der Waals surface area contributed by atoms with Crippen LogP contribution >= 0.6 is 0 Å². The van der Waals surface area contributed by atoms with Gasteiger partial charge >= 0.3 is 0 Å². The molecule has 1 heterocycles. The van der Waals surface area contributed by atoms with E-state index in [1.807, 2.05) is 43.5 Å². The van der Waals surface area contributed by atoms with E-state index in [0.29, 0.717) is 11.8 Å². The first-order chi connectivity index (χ1) is 18.0. The van der Waals surface area contributed by atoms with Crippen LogP contribution in [-0.2, 0) is 12.0 Å². The molecule has 4 fully saturated rings. The predicted octanol–water partition coefficient (Wildman–Crippen LogP) is 7.51. The minimum absolute atomic E-state index is 0.0460. The Kier molecular flexibility index (Phi) is 5.11. The molecule has 1 N–H and O–H groups in total. The highest BCUT2D eigenvalue weighted by Gasteiger charge is 2.57. The molecule has 3 unspecified atom stereocenters. The zero-order valence-electron chi connectivity index (χ0n) is 21.7. The molecular formula is C33H34N2O2. The van der Waals surface area contributed by atoms with E-state index in [2.05, 4.69) is 47.0 Å². The van der Waals surface area contributed by atoms with Crippen molar-refractivity contribution in [1.82, 2.24) is 4.57 Å². The lowest BCUT2D eigenvalue weighted by molar-refractivity contribution is -0.0326. The first kappa shape index (κ1) is 22.8. The zero-order chi connectivity index (χ0) is 25.3. The molecule has 3 aromatic carbocycles. The molecule has 4 aromatic rings. The summed E-state index contributed by atoms with van der Waals surface area (Å²) in [6.07, 6.45) is 8.13. The average Bonchev–Trinajstić information content (AvgIpc) is 3.22. The maximum atomic E-state index is 13.5. The lowest BCUT2D eigenvalue weighted by Gasteiger charge is -2.60. The van der Waals surface area contributed by atoms with Gasteiger partial charge in [0.25, 0.3) is 0 Å². The number of ketones is 1. The molecule has 4 heteroatoms. The number of carbonyl (C=O) groups is 1. The van der Waals surface area contributed by atoms with E-state index in [-0.39, 0.29) is 11.2 Å². The van der Waals surface area contributed by atoms with Crippen molar-refractivity contribution in [2.75, 3.05) is 0 Å². The fraction of sp³-hybridized carbons (Fsp3) is 0.394. The third-order valence-electron chi connectivity index (χ3n) is 10.0. The van der Waals surface area contributed by atoms with Gasteiger partial charge in [-0.05, 0) is 105 Å². The summed E-state index contributed by atoms with van der Waals surface area (Å²) < 4.78 is 2.36. The van der Waals surface area contributed by atoms with Crippen LogP contribution in [0.4, 0.5) is 0 Å². The number of hydrogen-bond acceptors (Lipinski definition) is 3. The summed E-state index contributed by atoms with van der Waals surface area (Å²) >= 11 is 0. The van der Waals surface area contributed by atoms with Crippen molar-refractivity contribution in [3.8, 4) is 0 Å². The molecule has 4 nitrogen and oxygen atoms in total. The minimum atomic E-state index is 0.0460. The Morgan fingerprint density at radius 2 is 1.70 bits per heavy atom. The molecule has 4 aliphatic carbocycles. The fourth-order valence-corrected chi connectivity index (χ4v) is 8.72. The van der Waals surface area contributed by atoms with Crippen molar-refractivity contribution in [3.05, 3.63) is 82.9 Å². The van der Waals surface area contributed by atoms with Crippen molar-refractivity contribution < 1.29 is 10.0 Å². The monoisotopic (exact) mass is 490 g/mol. The summed E-state index contributed by atoms with van der Waals surface area (Å²) in [5.41, 5.74) is 6.33. The van der Waals surface area contributed by atoms with Crippen molar-refractivity contribution >= 4 is 33.8 Å². The first-order valence-electron chi connectivity index (χ1n) is 13.9. The second-order valence-corrected chi connectivity index (χ2v) is 11.9. The Labute approximate surface area is 218 Å². The Morgan fingerprint density at radius 3 is 2.41 bits per heavy atom. The molecule has 4 bridgehead atoms. The van der Waals surface area contributed by atoms with E-state index in [1.54, 1.807) is 0 Å². The topological polar surface area (TPSA) is 54.6 Å². The third kappa shape index (κ3) is 3.27. The number of hydrogen-bond donors (Lipinski definition) is 1.